The molecule has 1 saturated heterocycles. The maximum atomic E-state index is 12.9. The van der Waals surface area contributed by atoms with Crippen LogP contribution in [-0.4, -0.2) is 53.7 Å². The molecule has 1 fully saturated rings. The van der Waals surface area contributed by atoms with Crippen LogP contribution >= 0.6 is 0 Å². The molecule has 7 heteroatoms. The van der Waals surface area contributed by atoms with Gasteiger partial charge in [0.05, 0.1) is 6.42 Å². The van der Waals surface area contributed by atoms with Crippen LogP contribution in [0.2, 0.25) is 0 Å². The smallest absolute Gasteiger partial charge is 0.407 e. The zero-order valence-electron chi connectivity index (χ0n) is 18.3. The lowest BCUT2D eigenvalue weighted by Gasteiger charge is -2.25. The first-order valence-electron chi connectivity index (χ1n) is 10.9. The second-order valence-corrected chi connectivity index (χ2v) is 9.29. The Morgan fingerprint density at radius 2 is 1.69 bits per heavy atom. The molecule has 1 heterocycles. The molecule has 0 saturated carbocycles. The standard InChI is InChI=1S/C25H28N2O5/c1-25(2)11-12-27(15-25)23(30)21(13-22(28)29)26-24(31)32-14-20-18-9-5-3-7-16(18)17-8-4-6-10-19(17)20/h3-10,20-21H,11-15H2,1-2H3,(H,26,31)(H,28,29)/t21-/m0/s1. The van der Waals surface area contributed by atoms with Gasteiger partial charge in [0.2, 0.25) is 5.91 Å². The van der Waals surface area contributed by atoms with Crippen molar-refractivity contribution in [2.75, 3.05) is 19.7 Å². The molecule has 0 spiro atoms. The molecule has 0 unspecified atom stereocenters. The number of rotatable bonds is 6. The number of carboxylic acid groups (broad SMARTS) is 1. The molecule has 2 aromatic carbocycles. The molecule has 0 bridgehead atoms. The SMILES string of the molecule is CC1(C)CCN(C(=O)[C@H](CC(=O)O)NC(=O)OCC2c3ccccc3-c3ccccc32)C1. The molecule has 2 N–H and O–H groups in total. The van der Waals surface area contributed by atoms with Crippen molar-refractivity contribution >= 4 is 18.0 Å². The van der Waals surface area contributed by atoms with Crippen LogP contribution in [0.15, 0.2) is 48.5 Å². The maximum absolute atomic E-state index is 12.9. The van der Waals surface area contributed by atoms with Gasteiger partial charge in [-0.1, -0.05) is 62.4 Å². The molecule has 1 atom stereocenters. The highest BCUT2D eigenvalue weighted by Crippen LogP contribution is 2.44. The molecular weight excluding hydrogens is 408 g/mol. The number of likely N-dealkylation sites (tertiary alicyclic amines) is 1. The average molecular weight is 437 g/mol. The summed E-state index contributed by atoms with van der Waals surface area (Å²) in [6.45, 7) is 5.31. The zero-order valence-corrected chi connectivity index (χ0v) is 18.3. The summed E-state index contributed by atoms with van der Waals surface area (Å²) in [5.41, 5.74) is 4.38. The van der Waals surface area contributed by atoms with Crippen molar-refractivity contribution in [2.45, 2.75) is 38.6 Å². The van der Waals surface area contributed by atoms with E-state index in [1.165, 1.54) is 0 Å². The Morgan fingerprint density at radius 3 is 2.22 bits per heavy atom. The quantitative estimate of drug-likeness (QED) is 0.721. The summed E-state index contributed by atoms with van der Waals surface area (Å²) < 4.78 is 5.49. The summed E-state index contributed by atoms with van der Waals surface area (Å²) in [4.78, 5) is 38.4. The highest BCUT2D eigenvalue weighted by atomic mass is 16.5. The lowest BCUT2D eigenvalue weighted by Crippen LogP contribution is -2.49. The highest BCUT2D eigenvalue weighted by molar-refractivity contribution is 5.89. The molecule has 1 aliphatic carbocycles. The van der Waals surface area contributed by atoms with Crippen molar-refractivity contribution < 1.29 is 24.2 Å². The molecule has 4 rings (SSSR count). The summed E-state index contributed by atoms with van der Waals surface area (Å²) in [6.07, 6.45) is -0.436. The number of alkyl carbamates (subject to hydrolysis) is 1. The van der Waals surface area contributed by atoms with Crippen molar-refractivity contribution in [2.24, 2.45) is 5.41 Å². The van der Waals surface area contributed by atoms with Gasteiger partial charge in [-0.15, -0.1) is 0 Å². The number of hydrogen-bond donors (Lipinski definition) is 2. The second kappa shape index (κ2) is 8.65. The van der Waals surface area contributed by atoms with Gasteiger partial charge in [-0.05, 0) is 34.1 Å². The lowest BCUT2D eigenvalue weighted by atomic mass is 9.93. The normalized spacial score (nSPS) is 17.4. The summed E-state index contributed by atoms with van der Waals surface area (Å²) in [7, 11) is 0. The van der Waals surface area contributed by atoms with E-state index < -0.39 is 24.5 Å². The van der Waals surface area contributed by atoms with Crippen molar-refractivity contribution in [3.8, 4) is 11.1 Å². The van der Waals surface area contributed by atoms with Gasteiger partial charge in [0, 0.05) is 19.0 Å². The maximum Gasteiger partial charge on any atom is 0.407 e. The molecule has 168 valence electrons. The van der Waals surface area contributed by atoms with E-state index in [4.69, 9.17) is 4.74 Å². The lowest BCUT2D eigenvalue weighted by molar-refractivity contribution is -0.142. The summed E-state index contributed by atoms with van der Waals surface area (Å²) >= 11 is 0. The fraction of sp³-hybridized carbons (Fsp3) is 0.400. The predicted molar refractivity (Wildman–Crippen MR) is 119 cm³/mol. The molecule has 32 heavy (non-hydrogen) atoms. The second-order valence-electron chi connectivity index (χ2n) is 9.29. The molecule has 2 amide bonds. The Bertz CT molecular complexity index is 1000. The number of benzene rings is 2. The minimum absolute atomic E-state index is 0.0206. The zero-order chi connectivity index (χ0) is 22.9. The summed E-state index contributed by atoms with van der Waals surface area (Å²) in [5, 5.41) is 11.7. The van der Waals surface area contributed by atoms with Crippen molar-refractivity contribution in [1.82, 2.24) is 10.2 Å². The topological polar surface area (TPSA) is 95.9 Å². The molecule has 0 radical (unpaired) electrons. The summed E-state index contributed by atoms with van der Waals surface area (Å²) in [5.74, 6) is -1.65. The molecule has 2 aromatic rings. The first-order chi connectivity index (χ1) is 15.2. The van der Waals surface area contributed by atoms with Gasteiger partial charge >= 0.3 is 12.1 Å². The van der Waals surface area contributed by atoms with E-state index in [1.54, 1.807) is 4.90 Å². The Kier molecular flexibility index (Phi) is 5.91. The Hall–Kier alpha value is -3.35. The van der Waals surface area contributed by atoms with E-state index in [0.717, 1.165) is 28.7 Å². The Morgan fingerprint density at radius 1 is 1.09 bits per heavy atom. The molecule has 2 aliphatic rings. The number of nitrogens with one attached hydrogen (secondary N) is 1. The largest absolute Gasteiger partial charge is 0.481 e. The van der Waals surface area contributed by atoms with Crippen LogP contribution in [0.3, 0.4) is 0 Å². The predicted octanol–water partition coefficient (Wildman–Crippen LogP) is 3.63. The number of nitrogens with zero attached hydrogens (tertiary/aromatic N) is 1. The van der Waals surface area contributed by atoms with Gasteiger partial charge in [-0.3, -0.25) is 9.59 Å². The fourth-order valence-corrected chi connectivity index (χ4v) is 4.68. The number of carbonyl (C=O) groups is 3. The third-order valence-corrected chi connectivity index (χ3v) is 6.30. The van der Waals surface area contributed by atoms with Crippen LogP contribution in [-0.2, 0) is 14.3 Å². The number of hydrogen-bond acceptors (Lipinski definition) is 4. The van der Waals surface area contributed by atoms with E-state index >= 15 is 0 Å². The third-order valence-electron chi connectivity index (χ3n) is 6.30. The van der Waals surface area contributed by atoms with Gasteiger partial charge in [-0.2, -0.15) is 0 Å². The number of aliphatic carboxylic acids is 1. The Labute approximate surface area is 187 Å². The summed E-state index contributed by atoms with van der Waals surface area (Å²) in [6, 6.07) is 14.9. The first-order valence-corrected chi connectivity index (χ1v) is 10.9. The van der Waals surface area contributed by atoms with Crippen LogP contribution in [0, 0.1) is 5.41 Å². The fourth-order valence-electron chi connectivity index (χ4n) is 4.68. The van der Waals surface area contributed by atoms with Gasteiger partial charge in [0.15, 0.2) is 0 Å². The van der Waals surface area contributed by atoms with Crippen molar-refractivity contribution in [3.05, 3.63) is 59.7 Å². The van der Waals surface area contributed by atoms with Crippen LogP contribution in [0.5, 0.6) is 0 Å². The van der Waals surface area contributed by atoms with Crippen molar-refractivity contribution in [1.29, 1.82) is 0 Å². The first kappa shape index (κ1) is 21.9. The Balaban J connectivity index is 1.43. The number of fused-ring (bicyclic) bond motifs is 3. The average Bonchev–Trinajstić information content (AvgIpc) is 3.28. The number of ether oxygens (including phenoxy) is 1. The van der Waals surface area contributed by atoms with Gasteiger partial charge in [-0.25, -0.2) is 4.79 Å². The van der Waals surface area contributed by atoms with Crippen LogP contribution in [0.1, 0.15) is 43.7 Å². The number of amides is 2. The molecular formula is C25H28N2O5. The van der Waals surface area contributed by atoms with Crippen molar-refractivity contribution in [3.63, 3.8) is 0 Å². The van der Waals surface area contributed by atoms with Crippen LogP contribution in [0.25, 0.3) is 11.1 Å². The molecule has 0 aromatic heterocycles. The molecule has 1 aliphatic heterocycles. The van der Waals surface area contributed by atoms with Gasteiger partial charge in [0.1, 0.15) is 12.6 Å². The highest BCUT2D eigenvalue weighted by Gasteiger charge is 2.37. The van der Waals surface area contributed by atoms with Gasteiger partial charge in [0.25, 0.3) is 0 Å². The van der Waals surface area contributed by atoms with E-state index in [-0.39, 0.29) is 23.8 Å². The van der Waals surface area contributed by atoms with E-state index in [2.05, 4.69) is 19.2 Å². The van der Waals surface area contributed by atoms with E-state index in [9.17, 15) is 19.5 Å². The minimum Gasteiger partial charge on any atom is -0.481 e. The van der Waals surface area contributed by atoms with Gasteiger partial charge < -0.3 is 20.1 Å². The van der Waals surface area contributed by atoms with Crippen LogP contribution in [0.4, 0.5) is 4.79 Å². The molecule has 7 nitrogen and oxygen atoms in total. The minimum atomic E-state index is -1.16. The third kappa shape index (κ3) is 4.47. The van der Waals surface area contributed by atoms with Crippen LogP contribution < -0.4 is 5.32 Å². The van der Waals surface area contributed by atoms with E-state index in [0.29, 0.717) is 13.1 Å². The van der Waals surface area contributed by atoms with E-state index in [1.807, 2.05) is 48.5 Å². The monoisotopic (exact) mass is 436 g/mol. The number of carboxylic acids is 1. The number of carbonyl (C=O) groups excluding carboxylic acids is 2.